The highest BCUT2D eigenvalue weighted by Gasteiger charge is 2.11. The van der Waals surface area contributed by atoms with Crippen LogP contribution in [0.4, 0.5) is 0 Å². The van der Waals surface area contributed by atoms with Crippen LogP contribution in [0.1, 0.15) is 5.56 Å². The van der Waals surface area contributed by atoms with Gasteiger partial charge in [0.2, 0.25) is 0 Å². The standard InChI is InChI=1S/C12H8N4/c1-16-9-4-2-3-8(5-13)11(9)12-10(16)6-14-7-15-12/h2-4,6-7H,1H3. The van der Waals surface area contributed by atoms with Gasteiger partial charge in [-0.15, -0.1) is 0 Å². The molecule has 0 bridgehead atoms. The molecule has 76 valence electrons. The summed E-state index contributed by atoms with van der Waals surface area (Å²) in [5.41, 5.74) is 3.45. The van der Waals surface area contributed by atoms with Gasteiger partial charge in [0.15, 0.2) is 0 Å². The van der Waals surface area contributed by atoms with E-state index < -0.39 is 0 Å². The molecule has 0 aliphatic rings. The molecule has 0 fully saturated rings. The molecule has 0 N–H and O–H groups in total. The maximum Gasteiger partial charge on any atom is 0.116 e. The van der Waals surface area contributed by atoms with Crippen molar-refractivity contribution in [2.24, 2.45) is 7.05 Å². The van der Waals surface area contributed by atoms with E-state index in [0.29, 0.717) is 5.56 Å². The van der Waals surface area contributed by atoms with Crippen LogP contribution < -0.4 is 0 Å². The van der Waals surface area contributed by atoms with Gasteiger partial charge in [-0.3, -0.25) is 0 Å². The van der Waals surface area contributed by atoms with Gasteiger partial charge in [-0.25, -0.2) is 9.97 Å². The molecule has 2 aromatic heterocycles. The van der Waals surface area contributed by atoms with Gasteiger partial charge < -0.3 is 4.57 Å². The topological polar surface area (TPSA) is 54.5 Å². The van der Waals surface area contributed by atoms with Gasteiger partial charge in [0.1, 0.15) is 11.8 Å². The van der Waals surface area contributed by atoms with E-state index in [-0.39, 0.29) is 0 Å². The van der Waals surface area contributed by atoms with Crippen molar-refractivity contribution in [3.63, 3.8) is 0 Å². The smallest absolute Gasteiger partial charge is 0.116 e. The Morgan fingerprint density at radius 1 is 1.31 bits per heavy atom. The molecular weight excluding hydrogens is 200 g/mol. The predicted octanol–water partition coefficient (Wildman–Crippen LogP) is 1.99. The Labute approximate surface area is 91.8 Å². The summed E-state index contributed by atoms with van der Waals surface area (Å²) in [6.07, 6.45) is 3.28. The summed E-state index contributed by atoms with van der Waals surface area (Å²) in [5.74, 6) is 0. The summed E-state index contributed by atoms with van der Waals surface area (Å²) in [5, 5.41) is 10.0. The third kappa shape index (κ3) is 0.971. The molecule has 0 amide bonds. The zero-order valence-corrected chi connectivity index (χ0v) is 8.68. The fraction of sp³-hybridized carbons (Fsp3) is 0.0833. The SMILES string of the molecule is Cn1c2cncnc2c2c(C#N)cccc21. The van der Waals surface area contributed by atoms with Crippen molar-refractivity contribution in [1.82, 2.24) is 14.5 Å². The predicted molar refractivity (Wildman–Crippen MR) is 60.7 cm³/mol. The van der Waals surface area contributed by atoms with Crippen molar-refractivity contribution in [3.8, 4) is 6.07 Å². The maximum absolute atomic E-state index is 9.10. The Hall–Kier alpha value is -2.41. The van der Waals surface area contributed by atoms with Crippen LogP contribution in [0, 0.1) is 11.3 Å². The zero-order chi connectivity index (χ0) is 11.1. The summed E-state index contributed by atoms with van der Waals surface area (Å²) in [6.45, 7) is 0. The molecule has 3 aromatic rings. The molecule has 3 rings (SSSR count). The van der Waals surface area contributed by atoms with Gasteiger partial charge in [0.05, 0.1) is 28.9 Å². The lowest BCUT2D eigenvalue weighted by Crippen LogP contribution is -1.87. The van der Waals surface area contributed by atoms with Crippen molar-refractivity contribution in [2.45, 2.75) is 0 Å². The first-order valence-electron chi connectivity index (χ1n) is 4.90. The van der Waals surface area contributed by atoms with Crippen molar-refractivity contribution < 1.29 is 0 Å². The van der Waals surface area contributed by atoms with E-state index >= 15 is 0 Å². The molecule has 16 heavy (non-hydrogen) atoms. The molecule has 0 spiro atoms. The van der Waals surface area contributed by atoms with Crippen LogP contribution >= 0.6 is 0 Å². The molecule has 4 nitrogen and oxygen atoms in total. The first kappa shape index (κ1) is 8.86. The molecule has 2 heterocycles. The van der Waals surface area contributed by atoms with Crippen molar-refractivity contribution >= 4 is 21.9 Å². The number of benzene rings is 1. The second-order valence-corrected chi connectivity index (χ2v) is 3.63. The van der Waals surface area contributed by atoms with Crippen LogP contribution in [0.5, 0.6) is 0 Å². The number of hydrogen-bond donors (Lipinski definition) is 0. The number of nitriles is 1. The third-order valence-electron chi connectivity index (χ3n) is 2.82. The second-order valence-electron chi connectivity index (χ2n) is 3.63. The lowest BCUT2D eigenvalue weighted by Gasteiger charge is -1.96. The second kappa shape index (κ2) is 3.04. The highest BCUT2D eigenvalue weighted by Crippen LogP contribution is 2.27. The van der Waals surface area contributed by atoms with Gasteiger partial charge in [-0.1, -0.05) is 6.07 Å². The fourth-order valence-electron chi connectivity index (χ4n) is 2.05. The molecular formula is C12H8N4. The summed E-state index contributed by atoms with van der Waals surface area (Å²) >= 11 is 0. The van der Waals surface area contributed by atoms with Gasteiger partial charge in [0.25, 0.3) is 0 Å². The van der Waals surface area contributed by atoms with E-state index in [1.54, 1.807) is 6.20 Å². The normalized spacial score (nSPS) is 10.8. The van der Waals surface area contributed by atoms with E-state index in [1.165, 1.54) is 6.33 Å². The highest BCUT2D eigenvalue weighted by molar-refractivity contribution is 6.08. The van der Waals surface area contributed by atoms with Crippen molar-refractivity contribution in [3.05, 3.63) is 36.3 Å². The summed E-state index contributed by atoms with van der Waals surface area (Å²) in [7, 11) is 1.95. The quantitative estimate of drug-likeness (QED) is 0.567. The third-order valence-corrected chi connectivity index (χ3v) is 2.82. The lowest BCUT2D eigenvalue weighted by molar-refractivity contribution is 1.00. The molecule has 0 saturated carbocycles. The van der Waals surface area contributed by atoms with E-state index in [0.717, 1.165) is 21.9 Å². The van der Waals surface area contributed by atoms with Crippen LogP contribution in [0.15, 0.2) is 30.7 Å². The Morgan fingerprint density at radius 2 is 2.19 bits per heavy atom. The Bertz CT molecular complexity index is 734. The van der Waals surface area contributed by atoms with E-state index in [1.807, 2.05) is 29.8 Å². The average Bonchev–Trinajstić information content (AvgIpc) is 2.64. The fourth-order valence-corrected chi connectivity index (χ4v) is 2.05. The minimum Gasteiger partial charge on any atom is -0.341 e. The molecule has 4 heteroatoms. The van der Waals surface area contributed by atoms with Gasteiger partial charge in [-0.2, -0.15) is 5.26 Å². The molecule has 0 atom stereocenters. The monoisotopic (exact) mass is 208 g/mol. The van der Waals surface area contributed by atoms with Crippen LogP contribution in [-0.4, -0.2) is 14.5 Å². The minimum absolute atomic E-state index is 0.654. The number of rotatable bonds is 0. The Balaban J connectivity index is 2.69. The summed E-state index contributed by atoms with van der Waals surface area (Å²) in [4.78, 5) is 8.27. The highest BCUT2D eigenvalue weighted by atomic mass is 15.0. The first-order chi connectivity index (χ1) is 7.83. The molecule has 1 aromatic carbocycles. The van der Waals surface area contributed by atoms with Crippen LogP contribution in [-0.2, 0) is 7.05 Å². The maximum atomic E-state index is 9.10. The average molecular weight is 208 g/mol. The first-order valence-corrected chi connectivity index (χ1v) is 4.90. The Morgan fingerprint density at radius 3 is 3.00 bits per heavy atom. The van der Waals surface area contributed by atoms with Gasteiger partial charge in [0, 0.05) is 12.4 Å². The van der Waals surface area contributed by atoms with Crippen molar-refractivity contribution in [2.75, 3.05) is 0 Å². The lowest BCUT2D eigenvalue weighted by atomic mass is 10.1. The van der Waals surface area contributed by atoms with Crippen molar-refractivity contribution in [1.29, 1.82) is 5.26 Å². The Kier molecular flexibility index (Phi) is 1.68. The van der Waals surface area contributed by atoms with Crippen LogP contribution in [0.25, 0.3) is 21.9 Å². The van der Waals surface area contributed by atoms with Crippen LogP contribution in [0.3, 0.4) is 0 Å². The van der Waals surface area contributed by atoms with E-state index in [4.69, 9.17) is 5.26 Å². The molecule has 0 radical (unpaired) electrons. The van der Waals surface area contributed by atoms with E-state index in [2.05, 4.69) is 16.0 Å². The number of fused-ring (bicyclic) bond motifs is 3. The summed E-state index contributed by atoms with van der Waals surface area (Å²) in [6, 6.07) is 7.88. The van der Waals surface area contributed by atoms with Crippen LogP contribution in [0.2, 0.25) is 0 Å². The molecule has 0 unspecified atom stereocenters. The number of aromatic nitrogens is 3. The molecule has 0 aliphatic heterocycles. The minimum atomic E-state index is 0.654. The number of aryl methyl sites for hydroxylation is 1. The molecule has 0 aliphatic carbocycles. The van der Waals surface area contributed by atoms with Gasteiger partial charge >= 0.3 is 0 Å². The molecule has 0 saturated heterocycles. The number of nitrogens with zero attached hydrogens (tertiary/aromatic N) is 4. The largest absolute Gasteiger partial charge is 0.341 e. The number of hydrogen-bond acceptors (Lipinski definition) is 3. The van der Waals surface area contributed by atoms with Gasteiger partial charge in [-0.05, 0) is 12.1 Å². The summed E-state index contributed by atoms with van der Waals surface area (Å²) < 4.78 is 2.01. The zero-order valence-electron chi connectivity index (χ0n) is 8.68. The van der Waals surface area contributed by atoms with E-state index in [9.17, 15) is 0 Å².